The smallest absolute Gasteiger partial charge is 0.0992 e. The van der Waals surface area contributed by atoms with Gasteiger partial charge in [-0.15, -0.1) is 0 Å². The van der Waals surface area contributed by atoms with Crippen LogP contribution in [-0.4, -0.2) is 14.9 Å². The van der Waals surface area contributed by atoms with Gasteiger partial charge in [-0.25, -0.2) is 4.68 Å². The van der Waals surface area contributed by atoms with Gasteiger partial charge in [0.25, 0.3) is 0 Å². The fraction of sp³-hybridized carbons (Fsp3) is 0.333. The lowest BCUT2D eigenvalue weighted by molar-refractivity contribution is 0.199. The molecule has 1 aromatic carbocycles. The highest BCUT2D eigenvalue weighted by Gasteiger charge is 2.26. The predicted octanol–water partition coefficient (Wildman–Crippen LogP) is 2.67. The van der Waals surface area contributed by atoms with Crippen molar-refractivity contribution in [2.75, 3.05) is 0 Å². The van der Waals surface area contributed by atoms with Crippen molar-refractivity contribution in [3.8, 4) is 11.8 Å². The molecule has 4 nitrogen and oxygen atoms in total. The van der Waals surface area contributed by atoms with E-state index in [-0.39, 0.29) is 0 Å². The monoisotopic (exact) mass is 253 g/mol. The van der Waals surface area contributed by atoms with Gasteiger partial charge in [0.1, 0.15) is 0 Å². The summed E-state index contributed by atoms with van der Waals surface area (Å²) >= 11 is 0. The number of hydrogen-bond acceptors (Lipinski definition) is 3. The van der Waals surface area contributed by atoms with Crippen LogP contribution >= 0.6 is 0 Å². The molecule has 0 amide bonds. The molecule has 1 unspecified atom stereocenters. The third-order valence-corrected chi connectivity index (χ3v) is 3.46. The molecule has 0 bridgehead atoms. The summed E-state index contributed by atoms with van der Waals surface area (Å²) < 4.78 is 1.76. The van der Waals surface area contributed by atoms with Gasteiger partial charge in [-0.3, -0.25) is 0 Å². The highest BCUT2D eigenvalue weighted by atomic mass is 16.3. The van der Waals surface area contributed by atoms with Crippen molar-refractivity contribution in [1.29, 1.82) is 5.26 Å². The zero-order valence-electron chi connectivity index (χ0n) is 10.7. The first-order chi connectivity index (χ1) is 9.19. The molecule has 1 fully saturated rings. The summed E-state index contributed by atoms with van der Waals surface area (Å²) in [6.45, 7) is 1.72. The second-order valence-electron chi connectivity index (χ2n) is 5.02. The van der Waals surface area contributed by atoms with Crippen LogP contribution in [-0.2, 0) is 0 Å². The lowest BCUT2D eigenvalue weighted by Gasteiger charge is -2.12. The van der Waals surface area contributed by atoms with Crippen LogP contribution in [0.5, 0.6) is 0 Å². The largest absolute Gasteiger partial charge is 0.389 e. The number of hydrogen-bond donors (Lipinski definition) is 1. The molecule has 2 aromatic rings. The van der Waals surface area contributed by atoms with Gasteiger partial charge in [-0.05, 0) is 38.0 Å². The average molecular weight is 253 g/mol. The lowest BCUT2D eigenvalue weighted by atomic mass is 10.1. The first-order valence-electron chi connectivity index (χ1n) is 6.47. The normalized spacial score (nSPS) is 16.1. The molecule has 0 spiro atoms. The van der Waals surface area contributed by atoms with Gasteiger partial charge >= 0.3 is 0 Å². The zero-order valence-corrected chi connectivity index (χ0v) is 10.7. The Morgan fingerprint density at radius 2 is 2.21 bits per heavy atom. The zero-order chi connectivity index (χ0) is 13.4. The van der Waals surface area contributed by atoms with E-state index in [0.29, 0.717) is 11.5 Å². The fourth-order valence-corrected chi connectivity index (χ4v) is 2.23. The van der Waals surface area contributed by atoms with Gasteiger partial charge in [0, 0.05) is 17.7 Å². The summed E-state index contributed by atoms with van der Waals surface area (Å²) in [5.41, 5.74) is 3.23. The van der Waals surface area contributed by atoms with Crippen LogP contribution in [0, 0.1) is 11.3 Å². The van der Waals surface area contributed by atoms with Gasteiger partial charge in [0.15, 0.2) is 0 Å². The predicted molar refractivity (Wildman–Crippen MR) is 70.9 cm³/mol. The molecule has 0 aliphatic heterocycles. The van der Waals surface area contributed by atoms with Crippen molar-refractivity contribution in [3.63, 3.8) is 0 Å². The van der Waals surface area contributed by atoms with Crippen molar-refractivity contribution in [2.45, 2.75) is 31.8 Å². The van der Waals surface area contributed by atoms with E-state index in [1.807, 2.05) is 12.3 Å². The summed E-state index contributed by atoms with van der Waals surface area (Å²) in [4.78, 5) is 0. The van der Waals surface area contributed by atoms with Gasteiger partial charge in [0.05, 0.1) is 29.1 Å². The molecule has 1 heterocycles. The Balaban J connectivity index is 2.07. The number of aliphatic hydroxyl groups excluding tert-OH is 1. The van der Waals surface area contributed by atoms with Crippen LogP contribution in [0.3, 0.4) is 0 Å². The number of aliphatic hydroxyl groups is 1. The maximum absolute atomic E-state index is 9.83. The van der Waals surface area contributed by atoms with Crippen LogP contribution in [0.4, 0.5) is 0 Å². The van der Waals surface area contributed by atoms with Crippen molar-refractivity contribution < 1.29 is 5.11 Å². The van der Waals surface area contributed by atoms with E-state index in [1.54, 1.807) is 29.8 Å². The lowest BCUT2D eigenvalue weighted by Crippen LogP contribution is -2.04. The van der Waals surface area contributed by atoms with E-state index in [4.69, 9.17) is 5.26 Å². The number of rotatable bonds is 3. The highest BCUT2D eigenvalue weighted by Crippen LogP contribution is 2.39. The van der Waals surface area contributed by atoms with Crippen LogP contribution in [0.2, 0.25) is 0 Å². The number of nitriles is 1. The summed E-state index contributed by atoms with van der Waals surface area (Å²) in [7, 11) is 0. The molecule has 4 heteroatoms. The van der Waals surface area contributed by atoms with Crippen molar-refractivity contribution in [2.24, 2.45) is 0 Å². The summed E-state index contributed by atoms with van der Waals surface area (Å²) in [6, 6.07) is 9.42. The molecule has 1 aliphatic carbocycles. The SMILES string of the molecule is CC(O)c1ccc(C#N)cc1-n1ccc(C2CC2)n1. The molecule has 1 saturated carbocycles. The fourth-order valence-electron chi connectivity index (χ4n) is 2.23. The van der Waals surface area contributed by atoms with Crippen LogP contribution in [0.15, 0.2) is 30.5 Å². The van der Waals surface area contributed by atoms with Gasteiger partial charge in [-0.2, -0.15) is 10.4 Å². The summed E-state index contributed by atoms with van der Waals surface area (Å²) in [6.07, 6.45) is 3.73. The van der Waals surface area contributed by atoms with E-state index in [9.17, 15) is 5.11 Å². The minimum absolute atomic E-state index is 0.572. The van der Waals surface area contributed by atoms with E-state index >= 15 is 0 Å². The minimum atomic E-state index is -0.587. The Hall–Kier alpha value is -2.12. The Morgan fingerprint density at radius 3 is 2.84 bits per heavy atom. The first kappa shape index (κ1) is 11.9. The second-order valence-corrected chi connectivity index (χ2v) is 5.02. The summed E-state index contributed by atoms with van der Waals surface area (Å²) in [5, 5.41) is 23.4. The standard InChI is InChI=1S/C15H15N3O/c1-10(19)13-5-2-11(9-16)8-15(13)18-7-6-14(17-18)12-3-4-12/h2,5-8,10,12,19H,3-4H2,1H3. The number of benzene rings is 1. The van der Waals surface area contributed by atoms with Crippen LogP contribution < -0.4 is 0 Å². The first-order valence-corrected chi connectivity index (χ1v) is 6.47. The maximum atomic E-state index is 9.83. The van der Waals surface area contributed by atoms with E-state index in [1.165, 1.54) is 12.8 Å². The maximum Gasteiger partial charge on any atom is 0.0992 e. The Labute approximate surface area is 111 Å². The number of nitrogens with zero attached hydrogens (tertiary/aromatic N) is 3. The van der Waals surface area contributed by atoms with E-state index in [0.717, 1.165) is 16.9 Å². The van der Waals surface area contributed by atoms with Crippen molar-refractivity contribution >= 4 is 0 Å². The molecule has 3 rings (SSSR count). The molecule has 1 aromatic heterocycles. The molecule has 1 N–H and O–H groups in total. The van der Waals surface area contributed by atoms with E-state index < -0.39 is 6.10 Å². The van der Waals surface area contributed by atoms with Crippen molar-refractivity contribution in [1.82, 2.24) is 9.78 Å². The molecule has 1 aliphatic rings. The average Bonchev–Trinajstić information content (AvgIpc) is 3.15. The van der Waals surface area contributed by atoms with Gasteiger partial charge in [0.2, 0.25) is 0 Å². The third kappa shape index (κ3) is 2.25. The molecule has 1 atom stereocenters. The molecule has 0 saturated heterocycles. The highest BCUT2D eigenvalue weighted by molar-refractivity contribution is 5.48. The molecular formula is C15H15N3O. The second kappa shape index (κ2) is 4.52. The quantitative estimate of drug-likeness (QED) is 0.914. The summed E-state index contributed by atoms with van der Waals surface area (Å²) in [5.74, 6) is 0.593. The van der Waals surface area contributed by atoms with Crippen LogP contribution in [0.25, 0.3) is 5.69 Å². The topological polar surface area (TPSA) is 61.8 Å². The van der Waals surface area contributed by atoms with Crippen LogP contribution in [0.1, 0.15) is 48.6 Å². The Kier molecular flexibility index (Phi) is 2.84. The van der Waals surface area contributed by atoms with Gasteiger partial charge in [-0.1, -0.05) is 6.07 Å². The molecule has 19 heavy (non-hydrogen) atoms. The van der Waals surface area contributed by atoms with Gasteiger partial charge < -0.3 is 5.11 Å². The molecular weight excluding hydrogens is 238 g/mol. The minimum Gasteiger partial charge on any atom is -0.389 e. The Bertz CT molecular complexity index is 648. The van der Waals surface area contributed by atoms with Crippen molar-refractivity contribution in [3.05, 3.63) is 47.3 Å². The third-order valence-electron chi connectivity index (χ3n) is 3.46. The molecule has 96 valence electrons. The number of aromatic nitrogens is 2. The van der Waals surface area contributed by atoms with E-state index in [2.05, 4.69) is 11.2 Å². The molecule has 0 radical (unpaired) electrons. The Morgan fingerprint density at radius 1 is 1.42 bits per heavy atom.